The zero-order valence-corrected chi connectivity index (χ0v) is 15.9. The van der Waals surface area contributed by atoms with E-state index in [0.29, 0.717) is 5.92 Å². The van der Waals surface area contributed by atoms with Gasteiger partial charge in [0.25, 0.3) is 0 Å². The van der Waals surface area contributed by atoms with Gasteiger partial charge in [0, 0.05) is 40.4 Å². The number of hydrogen-bond donors (Lipinski definition) is 3. The number of H-pyrrole nitrogens is 2. The first-order valence-electron chi connectivity index (χ1n) is 9.56. The van der Waals surface area contributed by atoms with Crippen LogP contribution in [0.5, 0.6) is 0 Å². The molecular weight excluding hydrogens is 332 g/mol. The van der Waals surface area contributed by atoms with Crippen molar-refractivity contribution in [3.63, 3.8) is 0 Å². The molecule has 0 radical (unpaired) electrons. The Bertz CT molecular complexity index is 1050. The number of fused-ring (bicyclic) bond motifs is 1. The summed E-state index contributed by atoms with van der Waals surface area (Å²) >= 11 is 0. The van der Waals surface area contributed by atoms with Gasteiger partial charge >= 0.3 is 0 Å². The molecule has 0 saturated heterocycles. The Morgan fingerprint density at radius 3 is 2.81 bits per heavy atom. The number of imidazole rings is 1. The number of nitrogens with zero attached hydrogens (tertiary/aromatic N) is 1. The van der Waals surface area contributed by atoms with Crippen LogP contribution >= 0.6 is 0 Å². The highest BCUT2D eigenvalue weighted by atomic mass is 15.0. The predicted molar refractivity (Wildman–Crippen MR) is 113 cm³/mol. The lowest BCUT2D eigenvalue weighted by molar-refractivity contribution is 0.863. The number of benzene rings is 1. The molecule has 1 unspecified atom stereocenters. The zero-order valence-electron chi connectivity index (χ0n) is 15.9. The Kier molecular flexibility index (Phi) is 4.71. The van der Waals surface area contributed by atoms with Gasteiger partial charge < -0.3 is 15.3 Å². The molecule has 4 nitrogen and oxygen atoms in total. The van der Waals surface area contributed by atoms with E-state index in [4.69, 9.17) is 0 Å². The summed E-state index contributed by atoms with van der Waals surface area (Å²) in [5.41, 5.74) is 4.54. The first kappa shape index (κ1) is 17.4. The van der Waals surface area contributed by atoms with Gasteiger partial charge in [-0.1, -0.05) is 44.7 Å². The normalized spacial score (nSPS) is 14.2. The molecule has 0 spiro atoms. The Balaban J connectivity index is 1.72. The van der Waals surface area contributed by atoms with Crippen molar-refractivity contribution in [1.29, 1.82) is 0 Å². The van der Waals surface area contributed by atoms with E-state index in [1.54, 1.807) is 6.20 Å². The van der Waals surface area contributed by atoms with Crippen LogP contribution in [0.4, 0.5) is 5.69 Å². The molecule has 0 aliphatic heterocycles. The molecule has 1 atom stereocenters. The van der Waals surface area contributed by atoms with Crippen LogP contribution < -0.4 is 15.9 Å². The summed E-state index contributed by atoms with van der Waals surface area (Å²) in [6, 6.07) is 8.44. The summed E-state index contributed by atoms with van der Waals surface area (Å²) in [6.07, 6.45) is 12.4. The van der Waals surface area contributed by atoms with Gasteiger partial charge in [0.1, 0.15) is 11.9 Å². The third kappa shape index (κ3) is 3.47. The van der Waals surface area contributed by atoms with E-state index in [2.05, 4.69) is 83.3 Å². The molecule has 1 aromatic carbocycles. The minimum Gasteiger partial charge on any atom is -0.372 e. The van der Waals surface area contributed by atoms with E-state index in [9.17, 15) is 0 Å². The third-order valence-corrected chi connectivity index (χ3v) is 5.17. The van der Waals surface area contributed by atoms with Gasteiger partial charge in [-0.2, -0.15) is 0 Å². The van der Waals surface area contributed by atoms with Crippen molar-refractivity contribution < 1.29 is 0 Å². The molecular formula is C23H26N4. The summed E-state index contributed by atoms with van der Waals surface area (Å²) in [4.78, 5) is 11.2. The molecule has 4 rings (SSSR count). The lowest BCUT2D eigenvalue weighted by Crippen LogP contribution is -2.28. The van der Waals surface area contributed by atoms with Crippen molar-refractivity contribution >= 4 is 23.4 Å². The van der Waals surface area contributed by atoms with Crippen molar-refractivity contribution in [2.75, 3.05) is 5.32 Å². The van der Waals surface area contributed by atoms with Crippen molar-refractivity contribution in [2.45, 2.75) is 38.6 Å². The molecule has 4 heteroatoms. The largest absolute Gasteiger partial charge is 0.372 e. The molecule has 1 aliphatic carbocycles. The maximum absolute atomic E-state index is 4.51. The molecule has 0 saturated carbocycles. The SMILES string of the molecule is C=C(c1c[nH]c2c1=CCCC=2)C(Nc1cccc(C(C)C)c1)c1ncc[nH]1. The Morgan fingerprint density at radius 1 is 1.19 bits per heavy atom. The van der Waals surface area contributed by atoms with Crippen LogP contribution in [0.3, 0.4) is 0 Å². The van der Waals surface area contributed by atoms with Crippen molar-refractivity contribution in [3.8, 4) is 0 Å². The molecule has 3 N–H and O–H groups in total. The van der Waals surface area contributed by atoms with Crippen molar-refractivity contribution in [3.05, 3.63) is 77.0 Å². The van der Waals surface area contributed by atoms with Gasteiger partial charge in [0.05, 0.1) is 0 Å². The summed E-state index contributed by atoms with van der Waals surface area (Å²) < 4.78 is 0. The number of hydrogen-bond acceptors (Lipinski definition) is 2. The molecule has 3 aromatic rings. The first-order valence-corrected chi connectivity index (χ1v) is 9.56. The topological polar surface area (TPSA) is 56.5 Å². The highest BCUT2D eigenvalue weighted by Gasteiger charge is 2.21. The second-order valence-corrected chi connectivity index (χ2v) is 7.37. The van der Waals surface area contributed by atoms with E-state index in [1.807, 2.05) is 6.20 Å². The predicted octanol–water partition coefficient (Wildman–Crippen LogP) is 4.08. The summed E-state index contributed by atoms with van der Waals surface area (Å²) in [5, 5.41) is 6.08. The van der Waals surface area contributed by atoms with E-state index in [0.717, 1.165) is 35.5 Å². The van der Waals surface area contributed by atoms with Crippen LogP contribution in [0, 0.1) is 0 Å². The maximum atomic E-state index is 4.51. The fourth-order valence-corrected chi connectivity index (χ4v) is 3.63. The lowest BCUT2D eigenvalue weighted by atomic mass is 9.97. The highest BCUT2D eigenvalue weighted by Crippen LogP contribution is 2.30. The van der Waals surface area contributed by atoms with Gasteiger partial charge in [-0.25, -0.2) is 4.98 Å². The highest BCUT2D eigenvalue weighted by molar-refractivity contribution is 5.73. The monoisotopic (exact) mass is 358 g/mol. The molecule has 0 fully saturated rings. The smallest absolute Gasteiger partial charge is 0.133 e. The Hall–Kier alpha value is -3.01. The van der Waals surface area contributed by atoms with E-state index in [1.165, 1.54) is 16.1 Å². The minimum atomic E-state index is -0.127. The fourth-order valence-electron chi connectivity index (χ4n) is 3.63. The Morgan fingerprint density at radius 2 is 2.04 bits per heavy atom. The van der Waals surface area contributed by atoms with Crippen molar-refractivity contribution in [1.82, 2.24) is 15.0 Å². The van der Waals surface area contributed by atoms with E-state index < -0.39 is 0 Å². The van der Waals surface area contributed by atoms with Gasteiger partial charge in [0.2, 0.25) is 0 Å². The molecule has 2 aromatic heterocycles. The quantitative estimate of drug-likeness (QED) is 0.622. The second kappa shape index (κ2) is 7.31. The lowest BCUT2D eigenvalue weighted by Gasteiger charge is -2.21. The van der Waals surface area contributed by atoms with Crippen LogP contribution in [0.2, 0.25) is 0 Å². The molecule has 27 heavy (non-hydrogen) atoms. The van der Waals surface area contributed by atoms with Crippen molar-refractivity contribution in [2.24, 2.45) is 0 Å². The number of aromatic nitrogens is 3. The molecule has 2 heterocycles. The fraction of sp³-hybridized carbons (Fsp3) is 0.261. The molecule has 0 amide bonds. The van der Waals surface area contributed by atoms with E-state index >= 15 is 0 Å². The third-order valence-electron chi connectivity index (χ3n) is 5.17. The molecule has 1 aliphatic rings. The summed E-state index contributed by atoms with van der Waals surface area (Å²) in [5.74, 6) is 1.35. The van der Waals surface area contributed by atoms with Gasteiger partial charge in [-0.3, -0.25) is 0 Å². The number of nitrogens with one attached hydrogen (secondary N) is 3. The molecule has 138 valence electrons. The second-order valence-electron chi connectivity index (χ2n) is 7.37. The average Bonchev–Trinajstić information content (AvgIpc) is 3.35. The van der Waals surface area contributed by atoms with Crippen LogP contribution in [-0.4, -0.2) is 15.0 Å². The Labute approximate surface area is 159 Å². The van der Waals surface area contributed by atoms with Crippen LogP contribution in [0.15, 0.2) is 49.4 Å². The summed E-state index contributed by atoms with van der Waals surface area (Å²) in [6.45, 7) is 8.86. The van der Waals surface area contributed by atoms with Crippen LogP contribution in [0.25, 0.3) is 17.7 Å². The zero-order chi connectivity index (χ0) is 18.8. The number of aromatic amines is 2. The minimum absolute atomic E-state index is 0.127. The number of anilines is 1. The number of rotatable bonds is 6. The summed E-state index contributed by atoms with van der Waals surface area (Å²) in [7, 11) is 0. The van der Waals surface area contributed by atoms with E-state index in [-0.39, 0.29) is 6.04 Å². The first-order chi connectivity index (χ1) is 13.1. The van der Waals surface area contributed by atoms with Gasteiger partial charge in [0.15, 0.2) is 0 Å². The van der Waals surface area contributed by atoms with Gasteiger partial charge in [-0.15, -0.1) is 0 Å². The van der Waals surface area contributed by atoms with Crippen LogP contribution in [-0.2, 0) is 0 Å². The van der Waals surface area contributed by atoms with Gasteiger partial charge in [-0.05, 0) is 42.0 Å². The average molecular weight is 358 g/mol. The maximum Gasteiger partial charge on any atom is 0.133 e. The van der Waals surface area contributed by atoms with Crippen LogP contribution in [0.1, 0.15) is 55.6 Å². The standard InChI is InChI=1S/C23H26N4/c1-15(2)17-7-6-8-18(13-17)27-22(23-24-11-12-25-23)16(3)20-14-26-21-10-5-4-9-19(20)21/h6-15,22,26-27H,3-5H2,1-2H3,(H,24,25). The molecule has 0 bridgehead atoms.